The summed E-state index contributed by atoms with van der Waals surface area (Å²) in [5.41, 5.74) is 7.58. The van der Waals surface area contributed by atoms with Crippen molar-refractivity contribution >= 4 is 28.4 Å². The van der Waals surface area contributed by atoms with Crippen LogP contribution < -0.4 is 10.5 Å². The Morgan fingerprint density at radius 1 is 1.25 bits per heavy atom. The van der Waals surface area contributed by atoms with Crippen LogP contribution in [0.5, 0.6) is 5.75 Å². The second-order valence-electron chi connectivity index (χ2n) is 4.20. The van der Waals surface area contributed by atoms with Gasteiger partial charge in [-0.05, 0) is 30.3 Å². The van der Waals surface area contributed by atoms with Gasteiger partial charge >= 0.3 is 0 Å². The highest BCUT2D eigenvalue weighted by molar-refractivity contribution is 6.30. The molecule has 6 heteroatoms. The van der Waals surface area contributed by atoms with Crippen LogP contribution in [0.1, 0.15) is 5.89 Å². The van der Waals surface area contributed by atoms with Crippen LogP contribution in [0.25, 0.3) is 11.1 Å². The lowest BCUT2D eigenvalue weighted by atomic mass is 10.3. The number of rotatable bonds is 3. The third-order valence-corrected chi connectivity index (χ3v) is 3.00. The van der Waals surface area contributed by atoms with Gasteiger partial charge in [-0.1, -0.05) is 11.6 Å². The van der Waals surface area contributed by atoms with Crippen LogP contribution in [0.2, 0.25) is 5.02 Å². The standard InChI is InChI=1S/C14H10ClFN2O2/c15-10-6-9(2-3-11(10)16)19-7-14-18-12-5-8(17)1-4-13(12)20-14/h1-6H,7,17H2. The predicted octanol–water partition coefficient (Wildman–Crippen LogP) is 3.78. The Labute approximate surface area is 118 Å². The second-order valence-corrected chi connectivity index (χ2v) is 4.61. The summed E-state index contributed by atoms with van der Waals surface area (Å²) >= 11 is 5.67. The molecule has 0 aliphatic rings. The maximum atomic E-state index is 13.0. The second kappa shape index (κ2) is 5.02. The Bertz CT molecular complexity index is 773. The van der Waals surface area contributed by atoms with Gasteiger partial charge in [0, 0.05) is 11.8 Å². The van der Waals surface area contributed by atoms with E-state index in [4.69, 9.17) is 26.5 Å². The molecular formula is C14H10ClFN2O2. The van der Waals surface area contributed by atoms with Gasteiger partial charge in [-0.2, -0.15) is 0 Å². The van der Waals surface area contributed by atoms with E-state index in [1.807, 2.05) is 0 Å². The summed E-state index contributed by atoms with van der Waals surface area (Å²) in [6.45, 7) is 0.122. The summed E-state index contributed by atoms with van der Waals surface area (Å²) in [7, 11) is 0. The molecule has 1 heterocycles. The van der Waals surface area contributed by atoms with Crippen molar-refractivity contribution in [3.8, 4) is 5.75 Å². The van der Waals surface area contributed by atoms with E-state index in [0.29, 0.717) is 28.4 Å². The van der Waals surface area contributed by atoms with Crippen LogP contribution in [0.4, 0.5) is 10.1 Å². The molecule has 0 spiro atoms. The number of ether oxygens (including phenoxy) is 1. The zero-order chi connectivity index (χ0) is 14.1. The molecule has 1 aromatic heterocycles. The zero-order valence-electron chi connectivity index (χ0n) is 10.3. The maximum Gasteiger partial charge on any atom is 0.233 e. The molecule has 0 fully saturated rings. The average Bonchev–Trinajstić information content (AvgIpc) is 2.82. The van der Waals surface area contributed by atoms with Crippen LogP contribution in [0, 0.1) is 5.82 Å². The number of aromatic nitrogens is 1. The maximum absolute atomic E-state index is 13.0. The minimum absolute atomic E-state index is 0.00726. The number of hydrogen-bond donors (Lipinski definition) is 1. The van der Waals surface area contributed by atoms with Gasteiger partial charge in [0.1, 0.15) is 17.1 Å². The minimum Gasteiger partial charge on any atom is -0.484 e. The summed E-state index contributed by atoms with van der Waals surface area (Å²) in [5, 5.41) is 0.00726. The minimum atomic E-state index is -0.489. The van der Waals surface area contributed by atoms with Crippen molar-refractivity contribution in [3.63, 3.8) is 0 Å². The number of anilines is 1. The van der Waals surface area contributed by atoms with Gasteiger partial charge in [0.25, 0.3) is 0 Å². The van der Waals surface area contributed by atoms with Gasteiger partial charge in [-0.3, -0.25) is 0 Å². The molecule has 0 radical (unpaired) electrons. The van der Waals surface area contributed by atoms with E-state index in [1.165, 1.54) is 18.2 Å². The van der Waals surface area contributed by atoms with Gasteiger partial charge in [0.2, 0.25) is 5.89 Å². The van der Waals surface area contributed by atoms with E-state index in [9.17, 15) is 4.39 Å². The fourth-order valence-electron chi connectivity index (χ4n) is 1.77. The van der Waals surface area contributed by atoms with Crippen molar-refractivity contribution in [2.24, 2.45) is 0 Å². The Kier molecular flexibility index (Phi) is 3.20. The van der Waals surface area contributed by atoms with Crippen molar-refractivity contribution in [3.05, 3.63) is 53.1 Å². The molecule has 0 aliphatic carbocycles. The molecule has 0 aliphatic heterocycles. The van der Waals surface area contributed by atoms with Crippen molar-refractivity contribution in [2.45, 2.75) is 6.61 Å². The molecule has 4 nitrogen and oxygen atoms in total. The molecule has 0 unspecified atom stereocenters. The average molecular weight is 293 g/mol. The Morgan fingerprint density at radius 2 is 2.10 bits per heavy atom. The molecular weight excluding hydrogens is 283 g/mol. The fourth-order valence-corrected chi connectivity index (χ4v) is 1.94. The van der Waals surface area contributed by atoms with E-state index >= 15 is 0 Å². The lowest BCUT2D eigenvalue weighted by Crippen LogP contribution is -1.95. The molecule has 20 heavy (non-hydrogen) atoms. The van der Waals surface area contributed by atoms with Crippen LogP contribution in [0.3, 0.4) is 0 Å². The zero-order valence-corrected chi connectivity index (χ0v) is 11.0. The highest BCUT2D eigenvalue weighted by Gasteiger charge is 2.08. The summed E-state index contributed by atoms with van der Waals surface area (Å²) in [6, 6.07) is 9.33. The highest BCUT2D eigenvalue weighted by Crippen LogP contribution is 2.23. The molecule has 3 aromatic rings. The molecule has 0 bridgehead atoms. The SMILES string of the molecule is Nc1ccc2oc(COc3ccc(F)c(Cl)c3)nc2c1. The predicted molar refractivity (Wildman–Crippen MR) is 74.2 cm³/mol. The van der Waals surface area contributed by atoms with Crippen molar-refractivity contribution in [2.75, 3.05) is 5.73 Å². The third kappa shape index (κ3) is 2.53. The quantitative estimate of drug-likeness (QED) is 0.746. The van der Waals surface area contributed by atoms with Crippen molar-refractivity contribution in [1.82, 2.24) is 4.98 Å². The van der Waals surface area contributed by atoms with Crippen LogP contribution in [-0.4, -0.2) is 4.98 Å². The molecule has 0 amide bonds. The summed E-state index contributed by atoms with van der Waals surface area (Å²) in [5.74, 6) is 0.362. The normalized spacial score (nSPS) is 10.9. The van der Waals surface area contributed by atoms with E-state index in [0.717, 1.165) is 0 Å². The first kappa shape index (κ1) is 12.7. The number of nitrogens with zero attached hydrogens (tertiary/aromatic N) is 1. The smallest absolute Gasteiger partial charge is 0.233 e. The summed E-state index contributed by atoms with van der Waals surface area (Å²) < 4.78 is 24.0. The largest absolute Gasteiger partial charge is 0.484 e. The number of nitrogens with two attached hydrogens (primary N) is 1. The van der Waals surface area contributed by atoms with Gasteiger partial charge in [-0.25, -0.2) is 9.37 Å². The van der Waals surface area contributed by atoms with E-state index in [1.54, 1.807) is 18.2 Å². The van der Waals surface area contributed by atoms with E-state index < -0.39 is 5.82 Å². The van der Waals surface area contributed by atoms with Crippen LogP contribution in [-0.2, 0) is 6.61 Å². The molecule has 102 valence electrons. The number of halogens is 2. The third-order valence-electron chi connectivity index (χ3n) is 2.71. The Morgan fingerprint density at radius 3 is 2.90 bits per heavy atom. The molecule has 0 atom stereocenters. The first-order chi connectivity index (χ1) is 9.61. The lowest BCUT2D eigenvalue weighted by Gasteiger charge is -2.03. The first-order valence-corrected chi connectivity index (χ1v) is 6.22. The number of benzene rings is 2. The molecule has 2 aromatic carbocycles. The topological polar surface area (TPSA) is 61.3 Å². The van der Waals surface area contributed by atoms with Gasteiger partial charge in [-0.15, -0.1) is 0 Å². The fraction of sp³-hybridized carbons (Fsp3) is 0.0714. The molecule has 3 rings (SSSR count). The Balaban J connectivity index is 1.77. The number of oxazole rings is 1. The van der Waals surface area contributed by atoms with E-state index in [-0.39, 0.29) is 11.6 Å². The highest BCUT2D eigenvalue weighted by atomic mass is 35.5. The monoisotopic (exact) mass is 292 g/mol. The molecule has 0 saturated heterocycles. The van der Waals surface area contributed by atoms with Gasteiger partial charge < -0.3 is 14.9 Å². The molecule has 0 saturated carbocycles. The summed E-state index contributed by atoms with van der Waals surface area (Å²) in [4.78, 5) is 4.25. The van der Waals surface area contributed by atoms with Crippen LogP contribution in [0.15, 0.2) is 40.8 Å². The summed E-state index contributed by atoms with van der Waals surface area (Å²) in [6.07, 6.45) is 0. The Hall–Kier alpha value is -2.27. The van der Waals surface area contributed by atoms with E-state index in [2.05, 4.69) is 4.98 Å². The van der Waals surface area contributed by atoms with Crippen LogP contribution >= 0.6 is 11.6 Å². The van der Waals surface area contributed by atoms with Crippen molar-refractivity contribution in [1.29, 1.82) is 0 Å². The van der Waals surface area contributed by atoms with Gasteiger partial charge in [0.15, 0.2) is 12.2 Å². The lowest BCUT2D eigenvalue weighted by molar-refractivity contribution is 0.267. The first-order valence-electron chi connectivity index (χ1n) is 5.84. The van der Waals surface area contributed by atoms with Gasteiger partial charge in [0.05, 0.1) is 5.02 Å². The number of hydrogen-bond acceptors (Lipinski definition) is 4. The van der Waals surface area contributed by atoms with Crippen molar-refractivity contribution < 1.29 is 13.5 Å². The number of fused-ring (bicyclic) bond motifs is 1. The number of nitrogen functional groups attached to an aromatic ring is 1. The molecule has 2 N–H and O–H groups in total.